The maximum Gasteiger partial charge on any atom is 0.123 e. The number of thiazole rings is 1. The van der Waals surface area contributed by atoms with Crippen molar-refractivity contribution < 1.29 is 4.74 Å². The predicted octanol–water partition coefficient (Wildman–Crippen LogP) is 2.54. The molecular formula is C12H14N2OS. The molecule has 0 spiro atoms. The third-order valence-electron chi connectivity index (χ3n) is 2.22. The van der Waals surface area contributed by atoms with Crippen molar-refractivity contribution in [3.8, 4) is 16.3 Å². The van der Waals surface area contributed by atoms with Crippen LogP contribution in [0.4, 0.5) is 0 Å². The fourth-order valence-electron chi connectivity index (χ4n) is 1.45. The van der Waals surface area contributed by atoms with Gasteiger partial charge in [0.25, 0.3) is 0 Å². The van der Waals surface area contributed by atoms with Crippen molar-refractivity contribution in [2.24, 2.45) is 0 Å². The Balaban J connectivity index is 2.27. The molecule has 0 atom stereocenters. The normalized spacial score (nSPS) is 10.4. The summed E-state index contributed by atoms with van der Waals surface area (Å²) >= 11 is 1.70. The number of rotatable bonds is 4. The Kier molecular flexibility index (Phi) is 3.54. The average molecular weight is 234 g/mol. The van der Waals surface area contributed by atoms with Gasteiger partial charge in [-0.05, 0) is 19.2 Å². The second-order valence-corrected chi connectivity index (χ2v) is 4.51. The standard InChI is InChI=1S/C12H14N2OS/c1-13-7-11-8-14-12(16-11)9-4-3-5-10(6-9)15-2/h3-6,8,13H,7H2,1-2H3. The summed E-state index contributed by atoms with van der Waals surface area (Å²) in [6.07, 6.45) is 1.91. The molecule has 84 valence electrons. The molecule has 3 nitrogen and oxygen atoms in total. The van der Waals surface area contributed by atoms with Gasteiger partial charge in [-0.1, -0.05) is 12.1 Å². The molecule has 1 heterocycles. The highest BCUT2D eigenvalue weighted by Gasteiger charge is 2.04. The van der Waals surface area contributed by atoms with Gasteiger partial charge in [0.2, 0.25) is 0 Å². The molecule has 2 rings (SSSR count). The quantitative estimate of drug-likeness (QED) is 0.882. The molecule has 2 aromatic rings. The molecule has 0 fully saturated rings. The Morgan fingerprint density at radius 3 is 3.06 bits per heavy atom. The van der Waals surface area contributed by atoms with Crippen LogP contribution in [0.5, 0.6) is 5.75 Å². The van der Waals surface area contributed by atoms with Crippen LogP contribution >= 0.6 is 11.3 Å². The molecule has 16 heavy (non-hydrogen) atoms. The van der Waals surface area contributed by atoms with E-state index in [1.165, 1.54) is 4.88 Å². The topological polar surface area (TPSA) is 34.2 Å². The van der Waals surface area contributed by atoms with E-state index in [0.717, 1.165) is 22.9 Å². The van der Waals surface area contributed by atoms with E-state index in [2.05, 4.69) is 10.3 Å². The van der Waals surface area contributed by atoms with E-state index < -0.39 is 0 Å². The second-order valence-electron chi connectivity index (χ2n) is 3.39. The first kappa shape index (κ1) is 11.1. The van der Waals surface area contributed by atoms with E-state index in [1.807, 2.05) is 37.5 Å². The summed E-state index contributed by atoms with van der Waals surface area (Å²) in [5, 5.41) is 4.15. The molecular weight excluding hydrogens is 220 g/mol. The van der Waals surface area contributed by atoms with Crippen LogP contribution in [0.15, 0.2) is 30.5 Å². The van der Waals surface area contributed by atoms with Crippen molar-refractivity contribution in [1.82, 2.24) is 10.3 Å². The third-order valence-corrected chi connectivity index (χ3v) is 3.27. The maximum absolute atomic E-state index is 5.20. The SMILES string of the molecule is CNCc1cnc(-c2cccc(OC)c2)s1. The first-order valence-electron chi connectivity index (χ1n) is 5.07. The van der Waals surface area contributed by atoms with Gasteiger partial charge in [-0.2, -0.15) is 0 Å². The largest absolute Gasteiger partial charge is 0.497 e. The molecule has 0 aliphatic carbocycles. The number of nitrogens with zero attached hydrogens (tertiary/aromatic N) is 1. The lowest BCUT2D eigenvalue weighted by Gasteiger charge is -2.00. The zero-order valence-corrected chi connectivity index (χ0v) is 10.2. The minimum Gasteiger partial charge on any atom is -0.497 e. The summed E-state index contributed by atoms with van der Waals surface area (Å²) in [5.74, 6) is 0.864. The van der Waals surface area contributed by atoms with Gasteiger partial charge in [0.05, 0.1) is 7.11 Å². The van der Waals surface area contributed by atoms with Crippen LogP contribution in [0.3, 0.4) is 0 Å². The van der Waals surface area contributed by atoms with E-state index in [0.29, 0.717) is 0 Å². The molecule has 4 heteroatoms. The smallest absolute Gasteiger partial charge is 0.123 e. The highest BCUT2D eigenvalue weighted by Crippen LogP contribution is 2.27. The molecule has 1 aromatic carbocycles. The number of nitrogens with one attached hydrogen (secondary N) is 1. The van der Waals surface area contributed by atoms with Crippen LogP contribution in [0, 0.1) is 0 Å². The molecule has 0 saturated heterocycles. The van der Waals surface area contributed by atoms with Gasteiger partial charge >= 0.3 is 0 Å². The molecule has 0 bridgehead atoms. The second kappa shape index (κ2) is 5.09. The summed E-state index contributed by atoms with van der Waals surface area (Å²) in [6.45, 7) is 0.863. The van der Waals surface area contributed by atoms with E-state index in [9.17, 15) is 0 Å². The van der Waals surface area contributed by atoms with Gasteiger partial charge in [-0.15, -0.1) is 11.3 Å². The molecule has 0 aliphatic heterocycles. The van der Waals surface area contributed by atoms with Gasteiger partial charge in [0, 0.05) is 23.2 Å². The lowest BCUT2D eigenvalue weighted by molar-refractivity contribution is 0.415. The molecule has 0 amide bonds. The van der Waals surface area contributed by atoms with Gasteiger partial charge in [-0.25, -0.2) is 4.98 Å². The van der Waals surface area contributed by atoms with Crippen molar-refractivity contribution in [3.05, 3.63) is 35.3 Å². The Bertz CT molecular complexity index is 468. The van der Waals surface area contributed by atoms with Crippen LogP contribution in [-0.4, -0.2) is 19.1 Å². The summed E-state index contributed by atoms with van der Waals surface area (Å²) in [7, 11) is 3.61. The molecule has 0 saturated carbocycles. The highest BCUT2D eigenvalue weighted by atomic mass is 32.1. The Hall–Kier alpha value is -1.39. The third kappa shape index (κ3) is 2.40. The Labute approximate surface area is 99.1 Å². The summed E-state index contributed by atoms with van der Waals surface area (Å²) in [5.41, 5.74) is 1.10. The summed E-state index contributed by atoms with van der Waals surface area (Å²) in [6, 6.07) is 7.96. The van der Waals surface area contributed by atoms with Crippen LogP contribution < -0.4 is 10.1 Å². The fourth-order valence-corrected chi connectivity index (χ4v) is 2.37. The highest BCUT2D eigenvalue weighted by molar-refractivity contribution is 7.15. The summed E-state index contributed by atoms with van der Waals surface area (Å²) in [4.78, 5) is 5.64. The van der Waals surface area contributed by atoms with E-state index in [4.69, 9.17) is 4.74 Å². The van der Waals surface area contributed by atoms with Crippen LogP contribution in [-0.2, 0) is 6.54 Å². The fraction of sp³-hybridized carbons (Fsp3) is 0.250. The Morgan fingerprint density at radius 2 is 2.31 bits per heavy atom. The lowest BCUT2D eigenvalue weighted by Crippen LogP contribution is -2.02. The minimum atomic E-state index is 0.863. The maximum atomic E-state index is 5.20. The zero-order valence-electron chi connectivity index (χ0n) is 9.36. The molecule has 1 N–H and O–H groups in total. The van der Waals surface area contributed by atoms with E-state index >= 15 is 0 Å². The van der Waals surface area contributed by atoms with Crippen LogP contribution in [0.25, 0.3) is 10.6 Å². The molecule has 0 unspecified atom stereocenters. The van der Waals surface area contributed by atoms with Crippen molar-refractivity contribution in [2.75, 3.05) is 14.2 Å². The number of methoxy groups -OCH3 is 1. The van der Waals surface area contributed by atoms with Crippen LogP contribution in [0.1, 0.15) is 4.88 Å². The monoisotopic (exact) mass is 234 g/mol. The van der Waals surface area contributed by atoms with Gasteiger partial charge in [-0.3, -0.25) is 0 Å². The van der Waals surface area contributed by atoms with Crippen LogP contribution in [0.2, 0.25) is 0 Å². The first-order valence-corrected chi connectivity index (χ1v) is 5.89. The number of hydrogen-bond donors (Lipinski definition) is 1. The lowest BCUT2D eigenvalue weighted by atomic mass is 10.2. The number of ether oxygens (including phenoxy) is 1. The van der Waals surface area contributed by atoms with E-state index in [-0.39, 0.29) is 0 Å². The first-order chi connectivity index (χ1) is 7.83. The van der Waals surface area contributed by atoms with Crippen molar-refractivity contribution in [2.45, 2.75) is 6.54 Å². The molecule has 1 aromatic heterocycles. The van der Waals surface area contributed by atoms with Crippen molar-refractivity contribution in [1.29, 1.82) is 0 Å². The molecule has 0 aliphatic rings. The number of aromatic nitrogens is 1. The minimum absolute atomic E-state index is 0.863. The number of benzene rings is 1. The van der Waals surface area contributed by atoms with Gasteiger partial charge in [0.15, 0.2) is 0 Å². The zero-order chi connectivity index (χ0) is 11.4. The van der Waals surface area contributed by atoms with Crippen molar-refractivity contribution in [3.63, 3.8) is 0 Å². The van der Waals surface area contributed by atoms with Gasteiger partial charge < -0.3 is 10.1 Å². The number of hydrogen-bond acceptors (Lipinski definition) is 4. The van der Waals surface area contributed by atoms with E-state index in [1.54, 1.807) is 18.4 Å². The van der Waals surface area contributed by atoms with Gasteiger partial charge in [0.1, 0.15) is 10.8 Å². The average Bonchev–Trinajstić information content (AvgIpc) is 2.78. The summed E-state index contributed by atoms with van der Waals surface area (Å²) < 4.78 is 5.20. The predicted molar refractivity (Wildman–Crippen MR) is 66.9 cm³/mol. The van der Waals surface area contributed by atoms with Crippen molar-refractivity contribution >= 4 is 11.3 Å². The Morgan fingerprint density at radius 1 is 1.44 bits per heavy atom. The molecule has 0 radical (unpaired) electrons.